The predicted octanol–water partition coefficient (Wildman–Crippen LogP) is 1.47. The SMILES string of the molecule is C[C-]1C(C)C(C)C(C)C1[Si](C)(C)NC(C)(C)C.[Li+]. The van der Waals surface area contributed by atoms with Crippen molar-refractivity contribution >= 4 is 8.24 Å². The minimum Gasteiger partial charge on any atom is -0.334 e. The smallest absolute Gasteiger partial charge is 0.334 e. The van der Waals surface area contributed by atoms with Gasteiger partial charge in [0.05, 0.1) is 8.24 Å². The Kier molecular flexibility index (Phi) is 6.30. The monoisotopic (exact) mass is 261 g/mol. The quantitative estimate of drug-likeness (QED) is 0.586. The summed E-state index contributed by atoms with van der Waals surface area (Å²) < 4.78 is 0. The van der Waals surface area contributed by atoms with Crippen LogP contribution >= 0.6 is 0 Å². The summed E-state index contributed by atoms with van der Waals surface area (Å²) in [5.74, 6) is 4.22. The minimum atomic E-state index is -1.40. The maximum atomic E-state index is 3.96. The molecular formula is C15H32LiNSi. The molecule has 4 unspecified atom stereocenters. The van der Waals surface area contributed by atoms with Crippen LogP contribution in [0.3, 0.4) is 0 Å². The summed E-state index contributed by atoms with van der Waals surface area (Å²) >= 11 is 0. The molecule has 1 fully saturated rings. The van der Waals surface area contributed by atoms with Crippen molar-refractivity contribution < 1.29 is 18.9 Å². The van der Waals surface area contributed by atoms with Crippen LogP contribution in [0, 0.1) is 23.7 Å². The molecule has 0 spiro atoms. The van der Waals surface area contributed by atoms with Crippen LogP contribution in [-0.4, -0.2) is 13.8 Å². The molecule has 0 amide bonds. The van der Waals surface area contributed by atoms with Gasteiger partial charge in [0.25, 0.3) is 0 Å². The normalized spacial score (nSPS) is 34.5. The van der Waals surface area contributed by atoms with Crippen molar-refractivity contribution in [2.75, 3.05) is 0 Å². The molecule has 0 saturated heterocycles. The molecule has 0 heterocycles. The van der Waals surface area contributed by atoms with Crippen LogP contribution < -0.4 is 23.8 Å². The van der Waals surface area contributed by atoms with Crippen LogP contribution in [0.5, 0.6) is 0 Å². The molecule has 1 aliphatic carbocycles. The third-order valence-corrected chi connectivity index (χ3v) is 8.76. The summed E-state index contributed by atoms with van der Waals surface area (Å²) in [6.45, 7) is 21.6. The average Bonchev–Trinajstić information content (AvgIpc) is 2.27. The Morgan fingerprint density at radius 1 is 1.00 bits per heavy atom. The second kappa shape index (κ2) is 6.04. The van der Waals surface area contributed by atoms with Crippen molar-refractivity contribution in [1.29, 1.82) is 0 Å². The fraction of sp³-hybridized carbons (Fsp3) is 0.933. The van der Waals surface area contributed by atoms with Gasteiger partial charge < -0.3 is 10.9 Å². The molecule has 18 heavy (non-hydrogen) atoms. The zero-order valence-corrected chi connectivity index (χ0v) is 15.3. The summed E-state index contributed by atoms with van der Waals surface area (Å²) in [7, 11) is -1.40. The van der Waals surface area contributed by atoms with Gasteiger partial charge >= 0.3 is 18.9 Å². The number of nitrogens with one attached hydrogen (secondary N) is 1. The van der Waals surface area contributed by atoms with Crippen molar-refractivity contribution in [1.82, 2.24) is 4.98 Å². The van der Waals surface area contributed by atoms with Crippen molar-refractivity contribution in [2.24, 2.45) is 17.8 Å². The first kappa shape index (κ1) is 18.8. The predicted molar refractivity (Wildman–Crippen MR) is 80.5 cm³/mol. The molecule has 3 heteroatoms. The molecule has 1 nitrogen and oxygen atoms in total. The van der Waals surface area contributed by atoms with E-state index < -0.39 is 8.24 Å². The Morgan fingerprint density at radius 3 is 1.72 bits per heavy atom. The van der Waals surface area contributed by atoms with Gasteiger partial charge in [-0.1, -0.05) is 45.7 Å². The van der Waals surface area contributed by atoms with Gasteiger partial charge in [-0.3, -0.25) is 0 Å². The third-order valence-electron chi connectivity index (χ3n) is 4.83. The topological polar surface area (TPSA) is 12.0 Å². The van der Waals surface area contributed by atoms with Gasteiger partial charge in [0.15, 0.2) is 0 Å². The first-order chi connectivity index (χ1) is 7.47. The first-order valence-corrected chi connectivity index (χ1v) is 10.2. The zero-order valence-electron chi connectivity index (χ0n) is 14.3. The van der Waals surface area contributed by atoms with Crippen LogP contribution in [-0.2, 0) is 0 Å². The van der Waals surface area contributed by atoms with Gasteiger partial charge in [-0.25, -0.2) is 0 Å². The summed E-state index contributed by atoms with van der Waals surface area (Å²) in [6.07, 6.45) is 0. The molecule has 0 bridgehead atoms. The molecule has 1 rings (SSSR count). The van der Waals surface area contributed by atoms with E-state index in [1.54, 1.807) is 5.92 Å². The second-order valence-corrected chi connectivity index (χ2v) is 12.1. The molecule has 1 aliphatic rings. The van der Waals surface area contributed by atoms with E-state index in [2.05, 4.69) is 66.5 Å². The van der Waals surface area contributed by atoms with E-state index in [4.69, 9.17) is 0 Å². The molecule has 0 aromatic rings. The minimum absolute atomic E-state index is 0. The van der Waals surface area contributed by atoms with Crippen LogP contribution in [0.15, 0.2) is 0 Å². The van der Waals surface area contributed by atoms with Gasteiger partial charge in [0.1, 0.15) is 0 Å². The fourth-order valence-electron chi connectivity index (χ4n) is 4.14. The van der Waals surface area contributed by atoms with Gasteiger partial charge in [-0.2, -0.15) is 18.4 Å². The fourth-order valence-corrected chi connectivity index (χ4v) is 9.25. The standard InChI is InChI=1S/C15H32NSi.Li/c1-10-11(2)13(4)14(12(10)3)17(8,9)16-15(5,6)7;/h10-12,14,16H,1-9H3;/q-1;+1. The van der Waals surface area contributed by atoms with Crippen LogP contribution in [0.4, 0.5) is 0 Å². The van der Waals surface area contributed by atoms with E-state index in [-0.39, 0.29) is 24.4 Å². The molecule has 0 aromatic heterocycles. The Balaban J connectivity index is 0.00000289. The molecule has 1 N–H and O–H groups in total. The molecule has 4 atom stereocenters. The average molecular weight is 261 g/mol. The first-order valence-electron chi connectivity index (χ1n) is 7.10. The molecule has 102 valence electrons. The van der Waals surface area contributed by atoms with Crippen LogP contribution in [0.1, 0.15) is 48.5 Å². The van der Waals surface area contributed by atoms with Crippen molar-refractivity contribution in [3.8, 4) is 0 Å². The maximum absolute atomic E-state index is 3.96. The van der Waals surface area contributed by atoms with Gasteiger partial charge in [-0.05, 0) is 20.8 Å². The van der Waals surface area contributed by atoms with Gasteiger partial charge in [0.2, 0.25) is 0 Å². The summed E-state index contributed by atoms with van der Waals surface area (Å²) in [5.41, 5.74) is 1.07. The van der Waals surface area contributed by atoms with Crippen molar-refractivity contribution in [2.45, 2.75) is 72.6 Å². The molecule has 0 radical (unpaired) electrons. The number of hydrogen-bond donors (Lipinski definition) is 1. The maximum Gasteiger partial charge on any atom is 1.00 e. The van der Waals surface area contributed by atoms with E-state index >= 15 is 0 Å². The van der Waals surface area contributed by atoms with Crippen LogP contribution in [0.25, 0.3) is 0 Å². The molecule has 1 saturated carbocycles. The summed E-state index contributed by atoms with van der Waals surface area (Å²) in [6, 6.07) is 0. The Morgan fingerprint density at radius 2 is 1.44 bits per heavy atom. The van der Waals surface area contributed by atoms with Gasteiger partial charge in [-0.15, -0.1) is 0 Å². The van der Waals surface area contributed by atoms with Gasteiger partial charge in [0, 0.05) is 5.54 Å². The number of hydrogen-bond acceptors (Lipinski definition) is 1. The summed E-state index contributed by atoms with van der Waals surface area (Å²) in [4.78, 5) is 3.96. The zero-order chi connectivity index (χ0) is 13.6. The van der Waals surface area contributed by atoms with Crippen LogP contribution in [0.2, 0.25) is 18.6 Å². The second-order valence-electron chi connectivity index (χ2n) is 7.83. The molecular weight excluding hydrogens is 229 g/mol. The van der Waals surface area contributed by atoms with Crippen molar-refractivity contribution in [3.05, 3.63) is 5.92 Å². The van der Waals surface area contributed by atoms with E-state index in [1.807, 2.05) is 0 Å². The largest absolute Gasteiger partial charge is 1.00 e. The third kappa shape index (κ3) is 3.89. The molecule has 0 aliphatic heterocycles. The Bertz CT molecular complexity index is 258. The van der Waals surface area contributed by atoms with E-state index in [9.17, 15) is 0 Å². The molecule has 0 aromatic carbocycles. The van der Waals surface area contributed by atoms with E-state index in [1.165, 1.54) is 0 Å². The Labute approximate surface area is 128 Å². The van der Waals surface area contributed by atoms with Crippen molar-refractivity contribution in [3.63, 3.8) is 0 Å². The number of rotatable bonds is 2. The Hall–Kier alpha value is 0.774. The summed E-state index contributed by atoms with van der Waals surface area (Å²) in [5, 5.41) is 0. The van der Waals surface area contributed by atoms with E-state index in [0.717, 1.165) is 23.3 Å². The van der Waals surface area contributed by atoms with E-state index in [0.29, 0.717) is 0 Å².